The highest BCUT2D eigenvalue weighted by Gasteiger charge is 2.32. The van der Waals surface area contributed by atoms with Gasteiger partial charge < -0.3 is 0 Å². The van der Waals surface area contributed by atoms with Crippen LogP contribution in [0.3, 0.4) is 0 Å². The summed E-state index contributed by atoms with van der Waals surface area (Å²) in [5.41, 5.74) is 1.41. The van der Waals surface area contributed by atoms with Gasteiger partial charge in [0.05, 0.1) is 4.92 Å². The zero-order valence-corrected chi connectivity index (χ0v) is 14.5. The van der Waals surface area contributed by atoms with Gasteiger partial charge in [-0.25, -0.2) is 0 Å². The molecule has 0 heterocycles. The molecule has 0 aromatic heterocycles. The number of hydrogen-bond donors (Lipinski definition) is 0. The SMILES string of the molecule is O=C(C[C@@H](c1ccccc1)[C@@H]1CCCCC1=O)c1ccc([N+](=O)[O-])cc1. The predicted molar refractivity (Wildman–Crippen MR) is 98.2 cm³/mol. The Morgan fingerprint density at radius 1 is 1.08 bits per heavy atom. The molecule has 0 radical (unpaired) electrons. The maximum absolute atomic E-state index is 12.8. The number of carbonyl (C=O) groups is 2. The molecule has 2 atom stereocenters. The van der Waals surface area contributed by atoms with Gasteiger partial charge in [-0.1, -0.05) is 36.8 Å². The number of nitro groups is 1. The van der Waals surface area contributed by atoms with Gasteiger partial charge in [0, 0.05) is 42.4 Å². The van der Waals surface area contributed by atoms with Crippen molar-refractivity contribution in [3.63, 3.8) is 0 Å². The van der Waals surface area contributed by atoms with Crippen molar-refractivity contribution in [2.75, 3.05) is 0 Å². The van der Waals surface area contributed by atoms with E-state index in [1.807, 2.05) is 30.3 Å². The Labute approximate surface area is 152 Å². The zero-order valence-electron chi connectivity index (χ0n) is 14.5. The lowest BCUT2D eigenvalue weighted by Gasteiger charge is -2.29. The minimum absolute atomic E-state index is 0.0383. The average molecular weight is 351 g/mol. The Bertz CT molecular complexity index is 799. The molecule has 1 fully saturated rings. The van der Waals surface area contributed by atoms with E-state index in [0.717, 1.165) is 24.8 Å². The number of nitro benzene ring substituents is 1. The van der Waals surface area contributed by atoms with Crippen LogP contribution < -0.4 is 0 Å². The smallest absolute Gasteiger partial charge is 0.269 e. The van der Waals surface area contributed by atoms with Crippen LogP contribution in [0, 0.1) is 16.0 Å². The van der Waals surface area contributed by atoms with Crippen LogP contribution in [-0.4, -0.2) is 16.5 Å². The van der Waals surface area contributed by atoms with E-state index in [9.17, 15) is 19.7 Å². The highest BCUT2D eigenvalue weighted by atomic mass is 16.6. The normalized spacial score (nSPS) is 18.3. The summed E-state index contributed by atoms with van der Waals surface area (Å²) in [7, 11) is 0. The second-order valence-electron chi connectivity index (χ2n) is 6.77. The number of nitrogens with zero attached hydrogens (tertiary/aromatic N) is 1. The Hall–Kier alpha value is -2.82. The molecule has 1 saturated carbocycles. The Kier molecular flexibility index (Phi) is 5.56. The number of hydrogen-bond acceptors (Lipinski definition) is 4. The van der Waals surface area contributed by atoms with Crippen LogP contribution in [0.1, 0.15) is 53.9 Å². The van der Waals surface area contributed by atoms with Crippen LogP contribution in [0.5, 0.6) is 0 Å². The maximum atomic E-state index is 12.8. The number of ketones is 2. The van der Waals surface area contributed by atoms with Crippen LogP contribution in [0.2, 0.25) is 0 Å². The molecule has 0 amide bonds. The van der Waals surface area contributed by atoms with Crippen molar-refractivity contribution >= 4 is 17.3 Å². The molecule has 0 unspecified atom stereocenters. The van der Waals surface area contributed by atoms with E-state index in [1.165, 1.54) is 24.3 Å². The maximum Gasteiger partial charge on any atom is 0.269 e. The highest BCUT2D eigenvalue weighted by molar-refractivity contribution is 5.97. The summed E-state index contributed by atoms with van der Waals surface area (Å²) >= 11 is 0. The number of Topliss-reactive ketones (excluding diaryl/α,β-unsaturated/α-hetero) is 2. The zero-order chi connectivity index (χ0) is 18.5. The van der Waals surface area contributed by atoms with Crippen molar-refractivity contribution in [2.45, 2.75) is 38.0 Å². The standard InChI is InChI=1S/C21H21NO4/c23-20-9-5-4-8-18(20)19(15-6-2-1-3-7-15)14-21(24)16-10-12-17(13-11-16)22(25)26/h1-3,6-7,10-13,18-19H,4-5,8-9,14H2/t18-,19-/m0/s1. The monoisotopic (exact) mass is 351 g/mol. The molecule has 0 bridgehead atoms. The van der Waals surface area contributed by atoms with E-state index < -0.39 is 4.92 Å². The minimum Gasteiger partial charge on any atom is -0.299 e. The predicted octanol–water partition coefficient (Wildman–Crippen LogP) is 4.71. The molecule has 134 valence electrons. The first-order valence-corrected chi connectivity index (χ1v) is 8.91. The minimum atomic E-state index is -0.484. The van der Waals surface area contributed by atoms with Crippen molar-refractivity contribution in [2.24, 2.45) is 5.92 Å². The lowest BCUT2D eigenvalue weighted by Crippen LogP contribution is -2.27. The first-order valence-electron chi connectivity index (χ1n) is 8.91. The molecule has 26 heavy (non-hydrogen) atoms. The molecule has 2 aromatic rings. The second-order valence-corrected chi connectivity index (χ2v) is 6.77. The largest absolute Gasteiger partial charge is 0.299 e. The first-order chi connectivity index (χ1) is 12.6. The van der Waals surface area contributed by atoms with Crippen LogP contribution >= 0.6 is 0 Å². The molecule has 5 nitrogen and oxygen atoms in total. The molecule has 3 rings (SSSR count). The molecule has 0 aliphatic heterocycles. The number of carbonyl (C=O) groups excluding carboxylic acids is 2. The Morgan fingerprint density at radius 2 is 1.77 bits per heavy atom. The first kappa shape index (κ1) is 18.0. The summed E-state index contributed by atoms with van der Waals surface area (Å²) in [6.07, 6.45) is 3.56. The third-order valence-electron chi connectivity index (χ3n) is 5.12. The van der Waals surface area contributed by atoms with Gasteiger partial charge in [0.15, 0.2) is 5.78 Å². The molecular weight excluding hydrogens is 330 g/mol. The summed E-state index contributed by atoms with van der Waals surface area (Å²) in [5, 5.41) is 10.8. The fourth-order valence-electron chi connectivity index (χ4n) is 3.71. The number of benzene rings is 2. The van der Waals surface area contributed by atoms with Crippen LogP contribution in [-0.2, 0) is 4.79 Å². The average Bonchev–Trinajstić information content (AvgIpc) is 2.67. The van der Waals surface area contributed by atoms with E-state index in [1.54, 1.807) is 0 Å². The summed E-state index contributed by atoms with van der Waals surface area (Å²) < 4.78 is 0. The number of non-ortho nitro benzene ring substituents is 1. The van der Waals surface area contributed by atoms with Gasteiger partial charge in [-0.05, 0) is 30.5 Å². The second kappa shape index (κ2) is 8.04. The van der Waals surface area contributed by atoms with Crippen molar-refractivity contribution in [3.05, 3.63) is 75.8 Å². The van der Waals surface area contributed by atoms with E-state index in [0.29, 0.717) is 12.0 Å². The van der Waals surface area contributed by atoms with Crippen LogP contribution in [0.4, 0.5) is 5.69 Å². The molecular formula is C21H21NO4. The molecule has 2 aromatic carbocycles. The number of rotatable bonds is 6. The lowest BCUT2D eigenvalue weighted by atomic mass is 9.73. The van der Waals surface area contributed by atoms with Crippen LogP contribution in [0.25, 0.3) is 0 Å². The van der Waals surface area contributed by atoms with E-state index in [2.05, 4.69) is 0 Å². The van der Waals surface area contributed by atoms with Crippen molar-refractivity contribution in [3.8, 4) is 0 Å². The fraction of sp³-hybridized carbons (Fsp3) is 0.333. The van der Waals surface area contributed by atoms with Gasteiger partial charge in [0.2, 0.25) is 0 Å². The van der Waals surface area contributed by atoms with E-state index >= 15 is 0 Å². The van der Waals surface area contributed by atoms with Crippen molar-refractivity contribution in [1.82, 2.24) is 0 Å². The molecule has 5 heteroatoms. The lowest BCUT2D eigenvalue weighted by molar-refractivity contribution is -0.384. The van der Waals surface area contributed by atoms with Crippen molar-refractivity contribution in [1.29, 1.82) is 0 Å². The summed E-state index contributed by atoms with van der Waals surface area (Å²) in [6.45, 7) is 0. The Morgan fingerprint density at radius 3 is 2.38 bits per heavy atom. The van der Waals surface area contributed by atoms with E-state index in [4.69, 9.17) is 0 Å². The summed E-state index contributed by atoms with van der Waals surface area (Å²) in [4.78, 5) is 35.5. The van der Waals surface area contributed by atoms with E-state index in [-0.39, 0.29) is 35.5 Å². The molecule has 0 spiro atoms. The summed E-state index contributed by atoms with van der Waals surface area (Å²) in [5.74, 6) is -0.131. The molecule has 0 saturated heterocycles. The quantitative estimate of drug-likeness (QED) is 0.429. The fourth-order valence-corrected chi connectivity index (χ4v) is 3.71. The van der Waals surface area contributed by atoms with Gasteiger partial charge in [-0.2, -0.15) is 0 Å². The van der Waals surface area contributed by atoms with Gasteiger partial charge in [-0.15, -0.1) is 0 Å². The topological polar surface area (TPSA) is 77.3 Å². The van der Waals surface area contributed by atoms with Gasteiger partial charge in [0.1, 0.15) is 5.78 Å². The molecule has 1 aliphatic rings. The van der Waals surface area contributed by atoms with Crippen molar-refractivity contribution < 1.29 is 14.5 Å². The Balaban J connectivity index is 1.84. The van der Waals surface area contributed by atoms with Gasteiger partial charge in [-0.3, -0.25) is 19.7 Å². The third kappa shape index (κ3) is 4.04. The summed E-state index contributed by atoms with van der Waals surface area (Å²) in [6, 6.07) is 15.4. The highest BCUT2D eigenvalue weighted by Crippen LogP contribution is 2.37. The van der Waals surface area contributed by atoms with Crippen LogP contribution in [0.15, 0.2) is 54.6 Å². The molecule has 0 N–H and O–H groups in total. The molecule has 1 aliphatic carbocycles. The van der Waals surface area contributed by atoms with Gasteiger partial charge in [0.25, 0.3) is 5.69 Å². The van der Waals surface area contributed by atoms with Gasteiger partial charge >= 0.3 is 0 Å². The third-order valence-corrected chi connectivity index (χ3v) is 5.12.